The third-order valence-electron chi connectivity index (χ3n) is 10.5. The number of dihydropyridines is 2. The van der Waals surface area contributed by atoms with Gasteiger partial charge < -0.3 is 0 Å². The Bertz CT molecular complexity index is 2370. The van der Waals surface area contributed by atoms with Crippen LogP contribution < -0.4 is 10.4 Å². The van der Waals surface area contributed by atoms with Crippen LogP contribution in [0.25, 0.3) is 22.8 Å². The number of fused-ring (bicyclic) bond motifs is 2. The number of allylic oxidation sites excluding steroid dienone is 6. The van der Waals surface area contributed by atoms with Gasteiger partial charge in [-0.15, -0.1) is 0 Å². The first kappa shape index (κ1) is 30.2. The molecule has 0 radical (unpaired) electrons. The van der Waals surface area contributed by atoms with Crippen molar-refractivity contribution in [1.29, 1.82) is 0 Å². The van der Waals surface area contributed by atoms with Crippen molar-refractivity contribution in [1.82, 2.24) is 0 Å². The van der Waals surface area contributed by atoms with Crippen molar-refractivity contribution in [2.75, 3.05) is 0 Å². The lowest BCUT2D eigenvalue weighted by Gasteiger charge is -2.30. The summed E-state index contributed by atoms with van der Waals surface area (Å²) in [7, 11) is 0. The molecule has 2 heterocycles. The van der Waals surface area contributed by atoms with Crippen molar-refractivity contribution in [2.45, 2.75) is 30.8 Å². The van der Waals surface area contributed by atoms with Gasteiger partial charge in [0.25, 0.3) is 0 Å². The van der Waals surface area contributed by atoms with E-state index in [9.17, 15) is 0 Å². The van der Waals surface area contributed by atoms with E-state index in [1.54, 1.807) is 0 Å². The summed E-state index contributed by atoms with van der Waals surface area (Å²) in [4.78, 5) is 10.5. The molecule has 0 N–H and O–H groups in total. The lowest BCUT2D eigenvalue weighted by Crippen LogP contribution is -2.35. The van der Waals surface area contributed by atoms with Crippen molar-refractivity contribution in [3.63, 3.8) is 0 Å². The van der Waals surface area contributed by atoms with Gasteiger partial charge in [-0.2, -0.15) is 0 Å². The predicted molar refractivity (Wildman–Crippen MR) is 210 cm³/mol. The summed E-state index contributed by atoms with van der Waals surface area (Å²) in [5.74, 6) is 0.482. The lowest BCUT2D eigenvalue weighted by atomic mass is 9.74. The third kappa shape index (κ3) is 5.88. The van der Waals surface area contributed by atoms with Gasteiger partial charge >= 0.3 is 0 Å². The molecule has 0 bridgehead atoms. The molecule has 2 aliphatic carbocycles. The maximum Gasteiger partial charge on any atom is 0.0796 e. The van der Waals surface area contributed by atoms with Crippen molar-refractivity contribution >= 4 is 34.7 Å². The number of hydrogen-bond donors (Lipinski definition) is 0. The number of nitrogens with zero attached hydrogens (tertiary/aromatic N) is 2. The highest BCUT2D eigenvalue weighted by atomic mass is 14.8. The molecule has 0 fully saturated rings. The Kier molecular flexibility index (Phi) is 7.99. The van der Waals surface area contributed by atoms with E-state index in [1.807, 2.05) is 0 Å². The van der Waals surface area contributed by atoms with E-state index in [2.05, 4.69) is 182 Å². The number of benzene rings is 5. The lowest BCUT2D eigenvalue weighted by molar-refractivity contribution is 0.718. The van der Waals surface area contributed by atoms with Crippen LogP contribution in [0.3, 0.4) is 0 Å². The van der Waals surface area contributed by atoms with Crippen molar-refractivity contribution in [3.05, 3.63) is 214 Å². The van der Waals surface area contributed by atoms with Crippen LogP contribution in [-0.4, -0.2) is 11.9 Å². The molecule has 2 aliphatic heterocycles. The summed E-state index contributed by atoms with van der Waals surface area (Å²) in [5.41, 5.74) is 12.4. The first-order valence-electron chi connectivity index (χ1n) is 17.8. The van der Waals surface area contributed by atoms with Gasteiger partial charge in [0.15, 0.2) is 0 Å². The van der Waals surface area contributed by atoms with E-state index >= 15 is 0 Å². The molecule has 0 saturated carbocycles. The molecule has 0 amide bonds. The molecule has 9 rings (SSSR count). The van der Waals surface area contributed by atoms with E-state index in [-0.39, 0.29) is 23.9 Å². The zero-order valence-corrected chi connectivity index (χ0v) is 27.9. The van der Waals surface area contributed by atoms with Crippen LogP contribution in [0.2, 0.25) is 0 Å². The average molecular weight is 643 g/mol. The molecule has 2 heteroatoms. The van der Waals surface area contributed by atoms with Crippen LogP contribution in [0.4, 0.5) is 0 Å². The fraction of sp³-hybridized carbons (Fsp3) is 0.125. The molecule has 4 atom stereocenters. The second kappa shape index (κ2) is 13.2. The topological polar surface area (TPSA) is 24.7 Å². The monoisotopic (exact) mass is 642 g/mol. The molecule has 240 valence electrons. The third-order valence-corrected chi connectivity index (χ3v) is 10.5. The second-order valence-electron chi connectivity index (χ2n) is 13.6. The predicted octanol–water partition coefficient (Wildman–Crippen LogP) is 9.77. The Morgan fingerprint density at radius 1 is 0.580 bits per heavy atom. The van der Waals surface area contributed by atoms with Crippen molar-refractivity contribution in [2.24, 2.45) is 15.9 Å². The normalized spacial score (nSPS) is 22.1. The van der Waals surface area contributed by atoms with Crippen LogP contribution in [-0.2, 0) is 0 Å². The number of aliphatic imine (C=N–C) groups is 2. The van der Waals surface area contributed by atoms with Crippen LogP contribution in [0.1, 0.15) is 64.2 Å². The van der Waals surface area contributed by atoms with Crippen molar-refractivity contribution in [3.8, 4) is 0 Å². The van der Waals surface area contributed by atoms with E-state index < -0.39 is 0 Å². The van der Waals surface area contributed by atoms with Gasteiger partial charge in [0, 0.05) is 18.1 Å². The first-order valence-corrected chi connectivity index (χ1v) is 17.8. The number of hydrogen-bond acceptors (Lipinski definition) is 2. The molecule has 0 saturated heterocycles. The first-order chi connectivity index (χ1) is 24.8. The van der Waals surface area contributed by atoms with Gasteiger partial charge in [-0.3, -0.25) is 9.98 Å². The Hall–Kier alpha value is -5.86. The maximum absolute atomic E-state index is 5.32. The van der Waals surface area contributed by atoms with E-state index in [1.165, 1.54) is 55.0 Å². The molecule has 0 aromatic heterocycles. The molecular formula is C48H38N2. The summed E-state index contributed by atoms with van der Waals surface area (Å²) < 4.78 is 0. The average Bonchev–Trinajstić information content (AvgIpc) is 3.21. The van der Waals surface area contributed by atoms with Gasteiger partial charge in [-0.1, -0.05) is 164 Å². The Morgan fingerprint density at radius 2 is 1.30 bits per heavy atom. The fourth-order valence-electron chi connectivity index (χ4n) is 7.98. The Labute approximate surface area is 294 Å². The second-order valence-corrected chi connectivity index (χ2v) is 13.6. The maximum atomic E-state index is 5.32. The molecule has 3 unspecified atom stereocenters. The Balaban J connectivity index is 1.18. The van der Waals surface area contributed by atoms with Gasteiger partial charge in [-0.05, 0) is 85.5 Å². The van der Waals surface area contributed by atoms with Gasteiger partial charge in [0.2, 0.25) is 0 Å². The number of rotatable bonds is 6. The molecule has 5 aromatic rings. The van der Waals surface area contributed by atoms with Gasteiger partial charge in [0.05, 0.1) is 17.8 Å². The Morgan fingerprint density at radius 3 is 2.08 bits per heavy atom. The van der Waals surface area contributed by atoms with E-state index in [4.69, 9.17) is 9.98 Å². The minimum atomic E-state index is 0.0436. The summed E-state index contributed by atoms with van der Waals surface area (Å²) in [5, 5.41) is 2.65. The van der Waals surface area contributed by atoms with Crippen LogP contribution in [0.15, 0.2) is 180 Å². The van der Waals surface area contributed by atoms with E-state index in [0.717, 1.165) is 24.1 Å². The zero-order valence-electron chi connectivity index (χ0n) is 27.9. The quantitative estimate of drug-likeness (QED) is 0.176. The summed E-state index contributed by atoms with van der Waals surface area (Å²) in [6.07, 6.45) is 20.1. The minimum Gasteiger partial charge on any atom is -0.284 e. The smallest absolute Gasteiger partial charge is 0.0796 e. The summed E-state index contributed by atoms with van der Waals surface area (Å²) >= 11 is 0. The molecule has 50 heavy (non-hydrogen) atoms. The fourth-order valence-corrected chi connectivity index (χ4v) is 7.98. The van der Waals surface area contributed by atoms with Gasteiger partial charge in [-0.25, -0.2) is 0 Å². The zero-order chi connectivity index (χ0) is 33.3. The summed E-state index contributed by atoms with van der Waals surface area (Å²) in [6.45, 7) is 0. The van der Waals surface area contributed by atoms with Crippen LogP contribution in [0.5, 0.6) is 0 Å². The largest absolute Gasteiger partial charge is 0.284 e. The molecule has 4 aliphatic rings. The molecule has 0 spiro atoms. The molecule has 5 aromatic carbocycles. The van der Waals surface area contributed by atoms with E-state index in [0.29, 0.717) is 0 Å². The molecular weight excluding hydrogens is 605 g/mol. The van der Waals surface area contributed by atoms with Crippen LogP contribution in [0, 0.1) is 5.92 Å². The highest BCUT2D eigenvalue weighted by molar-refractivity contribution is 6.13. The standard InChI is InChI=1S/C48H38N2/c1-4-14-33(15-5-1)37-24-25-46(49-32-37)41-27-38(26-40(28-41)45-29-36-20-10-11-21-42(36)43-22-12-13-23-44(43)45)39-30-47(34-16-6-2-7-17-34)50-48(31-39)35-18-8-3-9-19-35/h1-24,26-30,32,44-46,48H,25,31H2/t44?,45?,46-,48?/m0/s1. The van der Waals surface area contributed by atoms with Crippen molar-refractivity contribution < 1.29 is 0 Å². The molecule has 2 nitrogen and oxygen atoms in total. The SMILES string of the molecule is C1=CC2=c3ccccc3=CC(c3cc(C4=CC(c5ccccc5)=NC(c5ccccc5)C4)cc([C@@H]4CC=C(c5ccccc5)C=N4)c3)C2C=C1. The minimum absolute atomic E-state index is 0.0436. The van der Waals surface area contributed by atoms with Gasteiger partial charge in [0.1, 0.15) is 0 Å². The van der Waals surface area contributed by atoms with Crippen LogP contribution >= 0.6 is 0 Å². The summed E-state index contributed by atoms with van der Waals surface area (Å²) in [6, 6.07) is 48.2. The highest BCUT2D eigenvalue weighted by Crippen LogP contribution is 2.42. The highest BCUT2D eigenvalue weighted by Gasteiger charge is 2.29.